The van der Waals surface area contributed by atoms with Gasteiger partial charge in [0.25, 0.3) is 6.71 Å². The maximum Gasteiger partial charge on any atom is 0.258 e. The van der Waals surface area contributed by atoms with E-state index in [9.17, 15) is 0 Å². The smallest absolute Gasteiger partial charge is 0.258 e. The van der Waals surface area contributed by atoms with E-state index < -0.39 is 0 Å². The molecule has 0 fully saturated rings. The zero-order valence-electron chi connectivity index (χ0n) is 26.6. The van der Waals surface area contributed by atoms with Crippen LogP contribution in [0.15, 0.2) is 60.8 Å². The van der Waals surface area contributed by atoms with Gasteiger partial charge in [0.15, 0.2) is 0 Å². The van der Waals surface area contributed by atoms with Gasteiger partial charge in [0.2, 0.25) is 5.88 Å². The van der Waals surface area contributed by atoms with E-state index >= 15 is 0 Å². The van der Waals surface area contributed by atoms with Gasteiger partial charge in [-0.25, -0.2) is 4.98 Å². The number of benzene rings is 3. The molecule has 0 atom stereocenters. The van der Waals surface area contributed by atoms with Gasteiger partial charge < -0.3 is 9.64 Å². The molecular weight excluding hydrogens is 511 g/mol. The summed E-state index contributed by atoms with van der Waals surface area (Å²) in [6, 6.07) is 21.1. The fourth-order valence-electron chi connectivity index (χ4n) is 9.53. The summed E-state index contributed by atoms with van der Waals surface area (Å²) in [6.07, 6.45) is 4.22. The Bertz CT molecular complexity index is 1850. The van der Waals surface area contributed by atoms with Gasteiger partial charge in [0.05, 0.1) is 0 Å². The first kappa shape index (κ1) is 26.1. The summed E-state index contributed by atoms with van der Waals surface area (Å²) in [6.45, 7) is 21.5. The highest BCUT2D eigenvalue weighted by Gasteiger charge is 2.48. The number of nitrogens with zero attached hydrogens (tertiary/aromatic N) is 2. The normalized spacial score (nSPS) is 20.7. The number of ether oxygens (including phenoxy) is 1. The second-order valence-corrected chi connectivity index (χ2v) is 16.0. The molecule has 3 nitrogen and oxygen atoms in total. The van der Waals surface area contributed by atoms with E-state index in [-0.39, 0.29) is 28.4 Å². The van der Waals surface area contributed by atoms with Crippen molar-refractivity contribution in [1.29, 1.82) is 0 Å². The Morgan fingerprint density at radius 2 is 1.31 bits per heavy atom. The van der Waals surface area contributed by atoms with Crippen LogP contribution in [-0.2, 0) is 21.7 Å². The zero-order valence-corrected chi connectivity index (χ0v) is 26.6. The minimum atomic E-state index is 0.0770. The lowest BCUT2D eigenvalue weighted by molar-refractivity contribution is 0.403. The van der Waals surface area contributed by atoms with Crippen molar-refractivity contribution < 1.29 is 4.74 Å². The van der Waals surface area contributed by atoms with E-state index in [4.69, 9.17) is 9.72 Å². The second kappa shape index (κ2) is 7.89. The molecule has 0 N–H and O–H groups in total. The first-order chi connectivity index (χ1) is 19.7. The molecule has 0 saturated heterocycles. The molecule has 2 aliphatic carbocycles. The van der Waals surface area contributed by atoms with E-state index in [1.54, 1.807) is 0 Å². The predicted octanol–water partition coefficient (Wildman–Crippen LogP) is 7.71. The molecule has 3 aromatic carbocycles. The monoisotopic (exact) mass is 552 g/mol. The van der Waals surface area contributed by atoms with Gasteiger partial charge in [0, 0.05) is 28.7 Å². The molecule has 3 heterocycles. The third-order valence-corrected chi connectivity index (χ3v) is 10.8. The lowest BCUT2D eigenvalue weighted by atomic mass is 9.34. The Morgan fingerprint density at radius 3 is 2.02 bits per heavy atom. The Morgan fingerprint density at radius 1 is 0.667 bits per heavy atom. The summed E-state index contributed by atoms with van der Waals surface area (Å²) in [5.74, 6) is 1.65. The van der Waals surface area contributed by atoms with Crippen molar-refractivity contribution >= 4 is 40.2 Å². The van der Waals surface area contributed by atoms with E-state index in [1.807, 2.05) is 6.20 Å². The van der Waals surface area contributed by atoms with Gasteiger partial charge in [0.1, 0.15) is 5.75 Å². The number of pyridine rings is 1. The minimum absolute atomic E-state index is 0.0770. The molecule has 4 aliphatic rings. The molecule has 212 valence electrons. The number of aromatic nitrogens is 1. The van der Waals surface area contributed by atoms with Crippen molar-refractivity contribution in [2.45, 2.75) is 96.8 Å². The molecule has 0 amide bonds. The largest absolute Gasteiger partial charge is 0.440 e. The summed E-state index contributed by atoms with van der Waals surface area (Å²) in [5.41, 5.74) is 15.1. The molecule has 42 heavy (non-hydrogen) atoms. The summed E-state index contributed by atoms with van der Waals surface area (Å²) >= 11 is 0. The highest BCUT2D eigenvalue weighted by molar-refractivity contribution is 6.99. The standard InChI is InChI=1S/C38H41BN2O/c1-22-10-13-32-29(16-22)39-28-18-26-27(38(8,9)21-37(26,6)7)19-31(28)41(30-14-15-40-34(42-32)33(30)39)23-11-12-24-25(17-23)36(4,5)20-35(24,2)3/h10-19H,20-21H2,1-9H3. The number of fused-ring (bicyclic) bond motifs is 6. The Labute approximate surface area is 251 Å². The maximum absolute atomic E-state index is 6.54. The quantitative estimate of drug-likeness (QED) is 0.195. The Hall–Kier alpha value is -3.53. The van der Waals surface area contributed by atoms with Crippen LogP contribution in [0.1, 0.15) is 96.0 Å². The van der Waals surface area contributed by atoms with Crippen LogP contribution in [0.25, 0.3) is 0 Å². The molecule has 4 aromatic rings. The van der Waals surface area contributed by atoms with Crippen LogP contribution in [0.2, 0.25) is 0 Å². The van der Waals surface area contributed by atoms with E-state index in [0.717, 1.165) is 24.5 Å². The molecule has 0 saturated carbocycles. The fraction of sp³-hybridized carbons (Fsp3) is 0.395. The minimum Gasteiger partial charge on any atom is -0.440 e. The molecule has 4 heteroatoms. The molecule has 2 aliphatic heterocycles. The number of aryl methyl sites for hydroxylation is 1. The van der Waals surface area contributed by atoms with Crippen LogP contribution in [0.3, 0.4) is 0 Å². The summed E-state index contributed by atoms with van der Waals surface area (Å²) in [7, 11) is 0. The van der Waals surface area contributed by atoms with Crippen LogP contribution in [0, 0.1) is 6.92 Å². The topological polar surface area (TPSA) is 25.4 Å². The van der Waals surface area contributed by atoms with Crippen molar-refractivity contribution in [3.05, 3.63) is 88.6 Å². The molecule has 0 unspecified atom stereocenters. The van der Waals surface area contributed by atoms with Gasteiger partial charge >= 0.3 is 0 Å². The van der Waals surface area contributed by atoms with Gasteiger partial charge in [-0.3, -0.25) is 0 Å². The number of anilines is 3. The molecule has 0 spiro atoms. The van der Waals surface area contributed by atoms with Crippen LogP contribution in [0.4, 0.5) is 17.1 Å². The van der Waals surface area contributed by atoms with Crippen LogP contribution in [-0.4, -0.2) is 11.7 Å². The van der Waals surface area contributed by atoms with Crippen molar-refractivity contribution in [2.24, 2.45) is 0 Å². The van der Waals surface area contributed by atoms with Crippen LogP contribution < -0.4 is 26.0 Å². The van der Waals surface area contributed by atoms with Crippen molar-refractivity contribution in [1.82, 2.24) is 4.98 Å². The van der Waals surface area contributed by atoms with Crippen molar-refractivity contribution in [3.63, 3.8) is 0 Å². The molecule has 0 bridgehead atoms. The first-order valence-corrected chi connectivity index (χ1v) is 15.6. The third-order valence-electron chi connectivity index (χ3n) is 10.8. The maximum atomic E-state index is 6.54. The number of rotatable bonds is 1. The van der Waals surface area contributed by atoms with Gasteiger partial charge in [-0.2, -0.15) is 0 Å². The average molecular weight is 553 g/mol. The molecule has 0 radical (unpaired) electrons. The fourth-order valence-corrected chi connectivity index (χ4v) is 9.53. The zero-order chi connectivity index (χ0) is 29.6. The highest BCUT2D eigenvalue weighted by atomic mass is 16.5. The Balaban J connectivity index is 1.45. The van der Waals surface area contributed by atoms with Gasteiger partial charge in [-0.15, -0.1) is 0 Å². The van der Waals surface area contributed by atoms with E-state index in [1.165, 1.54) is 61.3 Å². The summed E-state index contributed by atoms with van der Waals surface area (Å²) < 4.78 is 6.54. The van der Waals surface area contributed by atoms with Crippen LogP contribution in [0.5, 0.6) is 11.6 Å². The van der Waals surface area contributed by atoms with Crippen molar-refractivity contribution in [3.8, 4) is 11.6 Å². The lowest BCUT2D eigenvalue weighted by Gasteiger charge is -2.40. The average Bonchev–Trinajstić information content (AvgIpc) is 3.21. The lowest BCUT2D eigenvalue weighted by Crippen LogP contribution is -2.60. The van der Waals surface area contributed by atoms with Gasteiger partial charge in [-0.05, 0) is 105 Å². The van der Waals surface area contributed by atoms with E-state index in [0.29, 0.717) is 0 Å². The predicted molar refractivity (Wildman–Crippen MR) is 176 cm³/mol. The summed E-state index contributed by atoms with van der Waals surface area (Å²) in [4.78, 5) is 7.32. The Kier molecular flexibility index (Phi) is 4.91. The third kappa shape index (κ3) is 3.38. The molecule has 8 rings (SSSR count). The SMILES string of the molecule is Cc1ccc2c(c1)B1c3cc4c(cc3N(c3ccc5c(c3)C(C)(C)CC5(C)C)c3ccnc(c31)O2)C(C)(C)CC4(C)C. The summed E-state index contributed by atoms with van der Waals surface area (Å²) in [5, 5.41) is 0. The molecule has 1 aromatic heterocycles. The second-order valence-electron chi connectivity index (χ2n) is 16.0. The molecular formula is C38H41BN2O. The number of hydrogen-bond donors (Lipinski definition) is 0. The van der Waals surface area contributed by atoms with Crippen LogP contribution >= 0.6 is 0 Å². The van der Waals surface area contributed by atoms with E-state index in [2.05, 4.69) is 122 Å². The highest BCUT2D eigenvalue weighted by Crippen LogP contribution is 2.54. The number of hydrogen-bond acceptors (Lipinski definition) is 3. The van der Waals surface area contributed by atoms with Crippen molar-refractivity contribution in [2.75, 3.05) is 4.90 Å². The first-order valence-electron chi connectivity index (χ1n) is 15.6. The van der Waals surface area contributed by atoms with Gasteiger partial charge in [-0.1, -0.05) is 85.2 Å².